The quantitative estimate of drug-likeness (QED) is 0.683. The van der Waals surface area contributed by atoms with E-state index in [0.717, 1.165) is 29.4 Å². The number of nitrogens with zero attached hydrogens (tertiary/aromatic N) is 5. The van der Waals surface area contributed by atoms with Crippen LogP contribution in [0.1, 0.15) is 34.5 Å². The molecular formula is C20H25N7O2. The topological polar surface area (TPSA) is 101 Å². The van der Waals surface area contributed by atoms with Crippen LogP contribution in [0.5, 0.6) is 0 Å². The van der Waals surface area contributed by atoms with Crippen molar-refractivity contribution in [1.29, 1.82) is 0 Å². The second kappa shape index (κ2) is 8.04. The number of ether oxygens (including phenoxy) is 1. The molecule has 3 aromatic heterocycles. The second-order valence-corrected chi connectivity index (χ2v) is 7.26. The van der Waals surface area contributed by atoms with Crippen LogP contribution in [0.2, 0.25) is 0 Å². The van der Waals surface area contributed by atoms with Gasteiger partial charge in [-0.3, -0.25) is 9.89 Å². The summed E-state index contributed by atoms with van der Waals surface area (Å²) >= 11 is 0. The minimum atomic E-state index is -0.234. The highest BCUT2D eigenvalue weighted by Crippen LogP contribution is 2.24. The SMILES string of the molecule is Cc1ccc(C)n1-c1cc(N2CCOCC2C)nnc1CNC(=O)c1ccn[nH]1. The van der Waals surface area contributed by atoms with Gasteiger partial charge in [-0.1, -0.05) is 0 Å². The molecule has 0 radical (unpaired) electrons. The van der Waals surface area contributed by atoms with Gasteiger partial charge in [-0.05, 0) is 39.0 Å². The van der Waals surface area contributed by atoms with Gasteiger partial charge in [0.25, 0.3) is 5.91 Å². The second-order valence-electron chi connectivity index (χ2n) is 7.26. The molecule has 152 valence electrons. The normalized spacial score (nSPS) is 16.8. The lowest BCUT2D eigenvalue weighted by Gasteiger charge is -2.34. The Morgan fingerprint density at radius 3 is 2.76 bits per heavy atom. The van der Waals surface area contributed by atoms with Crippen molar-refractivity contribution in [2.45, 2.75) is 33.4 Å². The van der Waals surface area contributed by atoms with Crippen molar-refractivity contribution in [2.75, 3.05) is 24.7 Å². The molecule has 0 aromatic carbocycles. The Bertz CT molecular complexity index is 977. The predicted molar refractivity (Wildman–Crippen MR) is 108 cm³/mol. The molecule has 4 heterocycles. The van der Waals surface area contributed by atoms with Crippen LogP contribution in [-0.2, 0) is 11.3 Å². The number of H-pyrrole nitrogens is 1. The number of hydrogen-bond donors (Lipinski definition) is 2. The fourth-order valence-electron chi connectivity index (χ4n) is 3.61. The molecular weight excluding hydrogens is 370 g/mol. The number of hydrogen-bond acceptors (Lipinski definition) is 6. The molecule has 2 N–H and O–H groups in total. The molecule has 0 bridgehead atoms. The Hall–Kier alpha value is -3.20. The summed E-state index contributed by atoms with van der Waals surface area (Å²) in [6, 6.07) is 8.04. The van der Waals surface area contributed by atoms with Crippen LogP contribution in [0.3, 0.4) is 0 Å². The molecule has 4 rings (SSSR count). The molecule has 0 saturated carbocycles. The number of amides is 1. The first-order valence-corrected chi connectivity index (χ1v) is 9.68. The molecule has 0 spiro atoms. The molecule has 9 nitrogen and oxygen atoms in total. The number of anilines is 1. The van der Waals surface area contributed by atoms with Gasteiger partial charge >= 0.3 is 0 Å². The van der Waals surface area contributed by atoms with Crippen molar-refractivity contribution in [3.05, 3.63) is 53.2 Å². The fourth-order valence-corrected chi connectivity index (χ4v) is 3.61. The summed E-state index contributed by atoms with van der Waals surface area (Å²) in [4.78, 5) is 14.5. The first-order valence-electron chi connectivity index (χ1n) is 9.68. The lowest BCUT2D eigenvalue weighted by molar-refractivity contribution is 0.0945. The first kappa shape index (κ1) is 19.1. The van der Waals surface area contributed by atoms with E-state index in [9.17, 15) is 4.79 Å². The zero-order chi connectivity index (χ0) is 20.4. The Morgan fingerprint density at radius 2 is 2.07 bits per heavy atom. The standard InChI is InChI=1S/C20H25N7O2/c1-13-4-5-14(2)27(13)18-10-19(26-8-9-29-12-15(26)3)25-24-17(18)11-21-20(28)16-6-7-22-23-16/h4-7,10,15H,8-9,11-12H2,1-3H3,(H,21,28)(H,22,23). The largest absolute Gasteiger partial charge is 0.377 e. The van der Waals surface area contributed by atoms with Crippen LogP contribution >= 0.6 is 0 Å². The Labute approximate surface area is 169 Å². The van der Waals surface area contributed by atoms with E-state index >= 15 is 0 Å². The van der Waals surface area contributed by atoms with Gasteiger partial charge in [-0.25, -0.2) is 0 Å². The summed E-state index contributed by atoms with van der Waals surface area (Å²) in [6.07, 6.45) is 1.55. The van der Waals surface area contributed by atoms with Crippen LogP contribution < -0.4 is 10.2 Å². The van der Waals surface area contributed by atoms with Crippen LogP contribution in [-0.4, -0.2) is 56.7 Å². The van der Waals surface area contributed by atoms with Crippen LogP contribution in [0.25, 0.3) is 5.69 Å². The third-order valence-corrected chi connectivity index (χ3v) is 5.17. The van der Waals surface area contributed by atoms with E-state index < -0.39 is 0 Å². The summed E-state index contributed by atoms with van der Waals surface area (Å²) in [5, 5.41) is 18.3. The minimum absolute atomic E-state index is 0.226. The summed E-state index contributed by atoms with van der Waals surface area (Å²) in [7, 11) is 0. The molecule has 1 aliphatic heterocycles. The smallest absolute Gasteiger partial charge is 0.269 e. The Morgan fingerprint density at radius 1 is 1.28 bits per heavy atom. The third kappa shape index (κ3) is 3.86. The van der Waals surface area contributed by atoms with E-state index in [2.05, 4.69) is 68.1 Å². The number of aryl methyl sites for hydroxylation is 2. The van der Waals surface area contributed by atoms with E-state index in [0.29, 0.717) is 24.6 Å². The van der Waals surface area contributed by atoms with E-state index in [4.69, 9.17) is 4.74 Å². The van der Waals surface area contributed by atoms with Gasteiger partial charge in [0.05, 0.1) is 31.5 Å². The summed E-state index contributed by atoms with van der Waals surface area (Å²) < 4.78 is 7.69. The summed E-state index contributed by atoms with van der Waals surface area (Å²) in [5.74, 6) is 0.578. The average molecular weight is 395 g/mol. The lowest BCUT2D eigenvalue weighted by Crippen LogP contribution is -2.44. The van der Waals surface area contributed by atoms with Gasteiger partial charge in [0, 0.05) is 30.2 Å². The molecule has 1 fully saturated rings. The van der Waals surface area contributed by atoms with Crippen molar-refractivity contribution in [2.24, 2.45) is 0 Å². The van der Waals surface area contributed by atoms with E-state index in [-0.39, 0.29) is 18.5 Å². The number of carbonyl (C=O) groups is 1. The van der Waals surface area contributed by atoms with Crippen molar-refractivity contribution in [1.82, 2.24) is 30.3 Å². The maximum atomic E-state index is 12.3. The minimum Gasteiger partial charge on any atom is -0.377 e. The van der Waals surface area contributed by atoms with Gasteiger partial charge in [0.1, 0.15) is 11.4 Å². The highest BCUT2D eigenvalue weighted by Gasteiger charge is 2.23. The van der Waals surface area contributed by atoms with Gasteiger partial charge in [0.2, 0.25) is 0 Å². The molecule has 1 unspecified atom stereocenters. The Balaban J connectivity index is 1.67. The molecule has 1 aliphatic rings. The number of nitrogens with one attached hydrogen (secondary N) is 2. The Kier molecular flexibility index (Phi) is 5.30. The van der Waals surface area contributed by atoms with Crippen LogP contribution in [0.15, 0.2) is 30.5 Å². The van der Waals surface area contributed by atoms with Crippen molar-refractivity contribution >= 4 is 11.7 Å². The number of aromatic amines is 1. The van der Waals surface area contributed by atoms with E-state index in [1.165, 1.54) is 0 Å². The summed E-state index contributed by atoms with van der Waals surface area (Å²) in [6.45, 7) is 8.59. The highest BCUT2D eigenvalue weighted by molar-refractivity contribution is 5.92. The van der Waals surface area contributed by atoms with Crippen LogP contribution in [0, 0.1) is 13.8 Å². The zero-order valence-electron chi connectivity index (χ0n) is 16.8. The number of aromatic nitrogens is 5. The molecule has 0 aliphatic carbocycles. The highest BCUT2D eigenvalue weighted by atomic mass is 16.5. The number of rotatable bonds is 5. The van der Waals surface area contributed by atoms with Crippen LogP contribution in [0.4, 0.5) is 5.82 Å². The maximum absolute atomic E-state index is 12.3. The average Bonchev–Trinajstić information content (AvgIpc) is 3.37. The van der Waals surface area contributed by atoms with E-state index in [1.807, 2.05) is 6.07 Å². The molecule has 29 heavy (non-hydrogen) atoms. The van der Waals surface area contributed by atoms with Crippen molar-refractivity contribution in [3.63, 3.8) is 0 Å². The molecule has 1 saturated heterocycles. The molecule has 9 heteroatoms. The van der Waals surface area contributed by atoms with Crippen molar-refractivity contribution < 1.29 is 9.53 Å². The third-order valence-electron chi connectivity index (χ3n) is 5.17. The summed E-state index contributed by atoms with van der Waals surface area (Å²) in [5.41, 5.74) is 4.21. The fraction of sp³-hybridized carbons (Fsp3) is 0.400. The molecule has 1 atom stereocenters. The predicted octanol–water partition coefficient (Wildman–Crippen LogP) is 1.76. The first-order chi connectivity index (χ1) is 14.0. The number of carbonyl (C=O) groups excluding carboxylic acids is 1. The lowest BCUT2D eigenvalue weighted by atomic mass is 10.2. The van der Waals surface area contributed by atoms with Crippen molar-refractivity contribution in [3.8, 4) is 5.69 Å². The zero-order valence-corrected chi connectivity index (χ0v) is 16.8. The monoisotopic (exact) mass is 395 g/mol. The molecule has 3 aromatic rings. The number of morpholine rings is 1. The van der Waals surface area contributed by atoms with Gasteiger partial charge < -0.3 is 19.5 Å². The van der Waals surface area contributed by atoms with Gasteiger partial charge in [-0.2, -0.15) is 5.10 Å². The van der Waals surface area contributed by atoms with E-state index in [1.54, 1.807) is 12.3 Å². The maximum Gasteiger partial charge on any atom is 0.269 e. The molecule has 1 amide bonds. The van der Waals surface area contributed by atoms with Gasteiger partial charge in [0.15, 0.2) is 5.82 Å². The van der Waals surface area contributed by atoms with Gasteiger partial charge in [-0.15, -0.1) is 10.2 Å².